The van der Waals surface area contributed by atoms with Gasteiger partial charge in [0.25, 0.3) is 0 Å². The van der Waals surface area contributed by atoms with E-state index in [4.69, 9.17) is 9.47 Å². The van der Waals surface area contributed by atoms with E-state index in [0.717, 1.165) is 6.42 Å². The minimum atomic E-state index is -0.418. The number of unbranched alkanes of at least 4 members (excludes halogenated alkanes) is 2. The fourth-order valence-electron chi connectivity index (χ4n) is 6.03. The Morgan fingerprint density at radius 2 is 1.58 bits per heavy atom. The van der Waals surface area contributed by atoms with Gasteiger partial charge in [0.2, 0.25) is 11.8 Å². The number of Topliss-reactive ketones (excluding diaryl/α,β-unsaturated/α-hetero) is 1. The highest BCUT2D eigenvalue weighted by molar-refractivity contribution is 6.06. The summed E-state index contributed by atoms with van der Waals surface area (Å²) in [5, 5.41) is 0. The van der Waals surface area contributed by atoms with E-state index >= 15 is 0 Å². The van der Waals surface area contributed by atoms with E-state index in [1.165, 1.54) is 4.90 Å². The van der Waals surface area contributed by atoms with Gasteiger partial charge in [-0.05, 0) is 67.2 Å². The van der Waals surface area contributed by atoms with Crippen LogP contribution < -0.4 is 4.74 Å². The molecule has 174 valence electrons. The predicted molar refractivity (Wildman–Crippen MR) is 118 cm³/mol. The van der Waals surface area contributed by atoms with E-state index in [1.54, 1.807) is 31.4 Å². The lowest BCUT2D eigenvalue weighted by molar-refractivity contribution is -0.143. The molecule has 5 aliphatic rings. The average Bonchev–Trinajstić information content (AvgIpc) is 3.62. The summed E-state index contributed by atoms with van der Waals surface area (Å²) in [6.07, 6.45) is 7.71. The predicted octanol–water partition coefficient (Wildman–Crippen LogP) is 3.03. The Balaban J connectivity index is 1.01. The average molecular weight is 452 g/mol. The summed E-state index contributed by atoms with van der Waals surface area (Å²) < 4.78 is 10.2. The minimum absolute atomic E-state index is 0.00570. The largest absolute Gasteiger partial charge is 0.497 e. The second kappa shape index (κ2) is 8.76. The van der Waals surface area contributed by atoms with Crippen LogP contribution >= 0.6 is 0 Å². The van der Waals surface area contributed by atoms with Crippen LogP contribution in [0.3, 0.4) is 0 Å². The molecule has 2 saturated carbocycles. The summed E-state index contributed by atoms with van der Waals surface area (Å²) in [5.74, 6) is 1.42. The molecule has 1 aliphatic heterocycles. The molecule has 6 atom stereocenters. The lowest BCUT2D eigenvalue weighted by atomic mass is 9.63. The highest BCUT2D eigenvalue weighted by Gasteiger charge is 2.66. The number of ketones is 1. The fraction of sp³-hybridized carbons (Fsp3) is 0.538. The number of allylic oxidation sites excluding steroid dienone is 2. The van der Waals surface area contributed by atoms with Crippen molar-refractivity contribution in [2.45, 2.75) is 32.1 Å². The molecule has 4 aliphatic carbocycles. The third kappa shape index (κ3) is 3.98. The summed E-state index contributed by atoms with van der Waals surface area (Å²) in [6.45, 7) is 0.132. The number of benzene rings is 1. The van der Waals surface area contributed by atoms with Crippen molar-refractivity contribution >= 4 is 23.6 Å². The molecule has 2 amide bonds. The van der Waals surface area contributed by atoms with Crippen LogP contribution in [0.2, 0.25) is 0 Å². The molecule has 7 heteroatoms. The van der Waals surface area contributed by atoms with Gasteiger partial charge in [0.05, 0.1) is 18.9 Å². The quantitative estimate of drug-likeness (QED) is 0.179. The molecule has 33 heavy (non-hydrogen) atoms. The summed E-state index contributed by atoms with van der Waals surface area (Å²) in [7, 11) is 1.55. The van der Waals surface area contributed by atoms with E-state index in [1.807, 2.05) is 0 Å². The molecule has 0 spiro atoms. The molecule has 1 aromatic carbocycles. The molecule has 1 aromatic rings. The van der Waals surface area contributed by atoms with Gasteiger partial charge < -0.3 is 9.47 Å². The van der Waals surface area contributed by atoms with Crippen molar-refractivity contribution < 1.29 is 28.7 Å². The Bertz CT molecular complexity index is 963. The summed E-state index contributed by atoms with van der Waals surface area (Å²) in [5.41, 5.74) is 0.463. The number of carbonyl (C=O) groups is 4. The van der Waals surface area contributed by atoms with Gasteiger partial charge in [-0.25, -0.2) is 0 Å². The Morgan fingerprint density at radius 3 is 2.18 bits per heavy atom. The number of likely N-dealkylation sites (tertiary alicyclic amines) is 1. The highest BCUT2D eigenvalue weighted by atomic mass is 16.5. The monoisotopic (exact) mass is 451 g/mol. The number of ether oxygens (including phenoxy) is 2. The van der Waals surface area contributed by atoms with Crippen LogP contribution in [0.15, 0.2) is 36.4 Å². The highest BCUT2D eigenvalue weighted by Crippen LogP contribution is 2.65. The maximum atomic E-state index is 12.9. The topological polar surface area (TPSA) is 90.0 Å². The molecule has 3 fully saturated rings. The van der Waals surface area contributed by atoms with Crippen molar-refractivity contribution in [2.24, 2.45) is 35.5 Å². The first kappa shape index (κ1) is 21.9. The minimum Gasteiger partial charge on any atom is -0.497 e. The van der Waals surface area contributed by atoms with Crippen LogP contribution in [0.5, 0.6) is 5.75 Å². The molecule has 6 rings (SSSR count). The number of hydrogen-bond acceptors (Lipinski definition) is 6. The van der Waals surface area contributed by atoms with Crippen molar-refractivity contribution in [1.82, 2.24) is 4.90 Å². The van der Waals surface area contributed by atoms with Crippen LogP contribution in [-0.2, 0) is 19.1 Å². The van der Waals surface area contributed by atoms with Crippen LogP contribution in [0.25, 0.3) is 0 Å². The van der Waals surface area contributed by atoms with Crippen LogP contribution in [-0.4, -0.2) is 48.7 Å². The normalized spacial score (nSPS) is 30.8. The first-order valence-electron chi connectivity index (χ1n) is 11.9. The smallest absolute Gasteiger partial charge is 0.306 e. The van der Waals surface area contributed by atoms with Gasteiger partial charge in [-0.3, -0.25) is 24.1 Å². The lowest BCUT2D eigenvalue weighted by Gasteiger charge is -2.37. The number of nitrogens with zero attached hydrogens (tertiary/aromatic N) is 1. The maximum absolute atomic E-state index is 12.9. The number of esters is 1. The van der Waals surface area contributed by atoms with Gasteiger partial charge in [-0.15, -0.1) is 0 Å². The van der Waals surface area contributed by atoms with E-state index in [-0.39, 0.29) is 54.3 Å². The standard InChI is InChI=1S/C26H29NO6/c1-32-16-8-6-15(7-9-16)21(28)14-33-22(29)5-3-2-4-12-27-25(30)23-17-10-11-18(20-13-19(17)20)24(23)26(27)31/h6-11,17-20,23-24H,2-5,12-14H2,1H3/t17-,18+,19-,20-,23+,24-/m1/s1. The van der Waals surface area contributed by atoms with Gasteiger partial charge in [-0.1, -0.05) is 18.6 Å². The number of amides is 2. The lowest BCUT2D eigenvalue weighted by Crippen LogP contribution is -2.40. The first-order chi connectivity index (χ1) is 16.0. The zero-order chi connectivity index (χ0) is 23.1. The van der Waals surface area contributed by atoms with E-state index < -0.39 is 5.97 Å². The fourth-order valence-corrected chi connectivity index (χ4v) is 6.03. The van der Waals surface area contributed by atoms with Gasteiger partial charge in [-0.2, -0.15) is 0 Å². The molecule has 2 bridgehead atoms. The van der Waals surface area contributed by atoms with Crippen LogP contribution in [0.4, 0.5) is 0 Å². The zero-order valence-corrected chi connectivity index (χ0v) is 18.8. The van der Waals surface area contributed by atoms with Gasteiger partial charge in [0, 0.05) is 18.5 Å². The first-order valence-corrected chi connectivity index (χ1v) is 11.9. The van der Waals surface area contributed by atoms with Crippen LogP contribution in [0.1, 0.15) is 42.5 Å². The SMILES string of the molecule is COc1ccc(C(=O)COC(=O)CCCCCN2C(=O)[C@@H]3[C@H]4C=C[C@H]([C@H]5C[C@H]45)[C@@H]3C2=O)cc1. The molecule has 1 heterocycles. The summed E-state index contributed by atoms with van der Waals surface area (Å²) in [6, 6.07) is 6.64. The Hall–Kier alpha value is -2.96. The summed E-state index contributed by atoms with van der Waals surface area (Å²) in [4.78, 5) is 51.4. The van der Waals surface area contributed by atoms with Crippen molar-refractivity contribution in [3.05, 3.63) is 42.0 Å². The molecule has 0 N–H and O–H groups in total. The van der Waals surface area contributed by atoms with E-state index in [2.05, 4.69) is 12.2 Å². The Kier molecular flexibility index (Phi) is 5.81. The Morgan fingerprint density at radius 1 is 0.939 bits per heavy atom. The van der Waals surface area contributed by atoms with Crippen molar-refractivity contribution in [3.63, 3.8) is 0 Å². The maximum Gasteiger partial charge on any atom is 0.306 e. The van der Waals surface area contributed by atoms with Crippen molar-refractivity contribution in [2.75, 3.05) is 20.3 Å². The number of hydrogen-bond donors (Lipinski definition) is 0. The van der Waals surface area contributed by atoms with E-state index in [0.29, 0.717) is 49.0 Å². The Labute approximate surface area is 193 Å². The summed E-state index contributed by atoms with van der Waals surface area (Å²) >= 11 is 0. The molecule has 1 saturated heterocycles. The van der Waals surface area contributed by atoms with Gasteiger partial charge in [0.1, 0.15) is 5.75 Å². The van der Waals surface area contributed by atoms with Crippen molar-refractivity contribution in [3.8, 4) is 5.75 Å². The number of rotatable bonds is 10. The zero-order valence-electron chi connectivity index (χ0n) is 18.8. The van der Waals surface area contributed by atoms with Crippen molar-refractivity contribution in [1.29, 1.82) is 0 Å². The van der Waals surface area contributed by atoms with Gasteiger partial charge in [0.15, 0.2) is 12.4 Å². The molecule has 0 unspecified atom stereocenters. The number of carbonyl (C=O) groups excluding carboxylic acids is 4. The molecule has 7 nitrogen and oxygen atoms in total. The number of imide groups is 1. The second-order valence-corrected chi connectivity index (χ2v) is 9.61. The number of methoxy groups -OCH3 is 1. The molecule has 0 radical (unpaired) electrons. The molecular formula is C26H29NO6. The second-order valence-electron chi connectivity index (χ2n) is 9.61. The van der Waals surface area contributed by atoms with Crippen LogP contribution in [0, 0.1) is 35.5 Å². The van der Waals surface area contributed by atoms with E-state index in [9.17, 15) is 19.2 Å². The third-order valence-electron chi connectivity index (χ3n) is 7.79. The molecule has 0 aromatic heterocycles. The molecular weight excluding hydrogens is 422 g/mol. The third-order valence-corrected chi connectivity index (χ3v) is 7.79. The van der Waals surface area contributed by atoms with Gasteiger partial charge >= 0.3 is 5.97 Å².